The summed E-state index contributed by atoms with van der Waals surface area (Å²) in [6.07, 6.45) is 0. The molecule has 116 valence electrons. The molecule has 0 aromatic heterocycles. The van der Waals surface area contributed by atoms with E-state index in [-0.39, 0.29) is 0 Å². The molecule has 0 fully saturated rings. The zero-order chi connectivity index (χ0) is 16.4. The smallest absolute Gasteiger partial charge is 0.118 e. The Bertz CT molecular complexity index is 979. The Balaban J connectivity index is 1.92. The summed E-state index contributed by atoms with van der Waals surface area (Å²) < 4.78 is 5.28. The van der Waals surface area contributed by atoms with Crippen molar-refractivity contribution in [2.24, 2.45) is 0 Å². The lowest BCUT2D eigenvalue weighted by atomic mass is 9.91. The summed E-state index contributed by atoms with van der Waals surface area (Å²) in [6.45, 7) is 0. The number of hydrogen-bond donors (Lipinski definition) is 0. The van der Waals surface area contributed by atoms with Crippen molar-refractivity contribution in [3.05, 3.63) is 91.0 Å². The Kier molecular flexibility index (Phi) is 3.76. The minimum Gasteiger partial charge on any atom is -0.497 e. The van der Waals surface area contributed by atoms with Crippen LogP contribution in [0.2, 0.25) is 0 Å². The molecule has 1 nitrogen and oxygen atoms in total. The predicted octanol–water partition coefficient (Wildman–Crippen LogP) is 6.18. The molecule has 1 heteroatoms. The fourth-order valence-electron chi connectivity index (χ4n) is 3.20. The first kappa shape index (κ1) is 14.5. The first-order valence-corrected chi connectivity index (χ1v) is 8.08. The van der Waals surface area contributed by atoms with Gasteiger partial charge in [-0.15, -0.1) is 0 Å². The van der Waals surface area contributed by atoms with E-state index in [2.05, 4.69) is 78.9 Å². The Labute approximate surface area is 142 Å². The average Bonchev–Trinajstić information content (AvgIpc) is 2.68. The molecule has 0 atom stereocenters. The molecule has 4 aromatic carbocycles. The van der Waals surface area contributed by atoms with Crippen LogP contribution in [-0.2, 0) is 0 Å². The van der Waals surface area contributed by atoms with E-state index < -0.39 is 0 Å². The SMILES string of the molecule is COc1ccc(-c2ccccc2-c2cccc3ccccc23)cc1. The molecule has 0 aliphatic rings. The van der Waals surface area contributed by atoms with Gasteiger partial charge in [0.25, 0.3) is 0 Å². The normalized spacial score (nSPS) is 10.7. The van der Waals surface area contributed by atoms with Gasteiger partial charge in [-0.3, -0.25) is 0 Å². The average molecular weight is 310 g/mol. The van der Waals surface area contributed by atoms with Crippen LogP contribution in [0, 0.1) is 0 Å². The van der Waals surface area contributed by atoms with Crippen molar-refractivity contribution in [2.45, 2.75) is 0 Å². The molecule has 0 saturated heterocycles. The molecular formula is C23H18O. The molecule has 0 spiro atoms. The topological polar surface area (TPSA) is 9.23 Å². The van der Waals surface area contributed by atoms with Crippen LogP contribution >= 0.6 is 0 Å². The van der Waals surface area contributed by atoms with Crippen molar-refractivity contribution >= 4 is 10.8 Å². The first-order chi connectivity index (χ1) is 11.9. The Hall–Kier alpha value is -3.06. The van der Waals surface area contributed by atoms with E-state index in [1.54, 1.807) is 7.11 Å². The molecule has 0 aliphatic carbocycles. The standard InChI is InChI=1S/C23H18O/c1-24-19-15-13-18(14-16-19)21-10-4-5-11-22(21)23-12-6-8-17-7-2-3-9-20(17)23/h2-16H,1H3. The maximum atomic E-state index is 5.28. The fourth-order valence-corrected chi connectivity index (χ4v) is 3.20. The van der Waals surface area contributed by atoms with E-state index in [1.165, 1.54) is 33.0 Å². The monoisotopic (exact) mass is 310 g/mol. The van der Waals surface area contributed by atoms with Gasteiger partial charge in [-0.2, -0.15) is 0 Å². The molecule has 4 rings (SSSR count). The molecule has 24 heavy (non-hydrogen) atoms. The van der Waals surface area contributed by atoms with Gasteiger partial charge in [0.05, 0.1) is 7.11 Å². The van der Waals surface area contributed by atoms with Crippen molar-refractivity contribution in [2.75, 3.05) is 7.11 Å². The van der Waals surface area contributed by atoms with Gasteiger partial charge in [-0.1, -0.05) is 78.9 Å². The highest BCUT2D eigenvalue weighted by atomic mass is 16.5. The molecule has 0 saturated carbocycles. The van der Waals surface area contributed by atoms with Crippen molar-refractivity contribution in [1.82, 2.24) is 0 Å². The summed E-state index contributed by atoms with van der Waals surface area (Å²) in [7, 11) is 1.69. The minimum atomic E-state index is 0.876. The molecular weight excluding hydrogens is 292 g/mol. The second-order valence-electron chi connectivity index (χ2n) is 5.80. The molecule has 0 heterocycles. The van der Waals surface area contributed by atoms with E-state index >= 15 is 0 Å². The van der Waals surface area contributed by atoms with Gasteiger partial charge in [0, 0.05) is 0 Å². The number of ether oxygens (including phenoxy) is 1. The van der Waals surface area contributed by atoms with Gasteiger partial charge in [-0.05, 0) is 45.2 Å². The summed E-state index contributed by atoms with van der Waals surface area (Å²) >= 11 is 0. The van der Waals surface area contributed by atoms with Gasteiger partial charge in [0.1, 0.15) is 5.75 Å². The Morgan fingerprint density at radius 3 is 1.96 bits per heavy atom. The van der Waals surface area contributed by atoms with Gasteiger partial charge in [-0.25, -0.2) is 0 Å². The summed E-state index contributed by atoms with van der Waals surface area (Å²) in [4.78, 5) is 0. The van der Waals surface area contributed by atoms with E-state index in [9.17, 15) is 0 Å². The van der Waals surface area contributed by atoms with E-state index in [0.29, 0.717) is 0 Å². The summed E-state index contributed by atoms with van der Waals surface area (Å²) in [5.41, 5.74) is 4.94. The second kappa shape index (κ2) is 6.21. The largest absolute Gasteiger partial charge is 0.497 e. The van der Waals surface area contributed by atoms with Crippen LogP contribution in [0.5, 0.6) is 5.75 Å². The zero-order valence-corrected chi connectivity index (χ0v) is 13.6. The number of benzene rings is 4. The molecule has 0 bridgehead atoms. The summed E-state index contributed by atoms with van der Waals surface area (Å²) in [6, 6.07) is 31.8. The van der Waals surface area contributed by atoms with Crippen molar-refractivity contribution in [3.8, 4) is 28.0 Å². The zero-order valence-electron chi connectivity index (χ0n) is 13.6. The molecule has 0 unspecified atom stereocenters. The third kappa shape index (κ3) is 2.55. The van der Waals surface area contributed by atoms with Gasteiger partial charge in [0.15, 0.2) is 0 Å². The number of rotatable bonds is 3. The highest BCUT2D eigenvalue weighted by Gasteiger charge is 2.09. The third-order valence-corrected chi connectivity index (χ3v) is 4.41. The van der Waals surface area contributed by atoms with Crippen LogP contribution in [0.15, 0.2) is 91.0 Å². The van der Waals surface area contributed by atoms with Crippen LogP contribution in [0.1, 0.15) is 0 Å². The Morgan fingerprint density at radius 2 is 1.17 bits per heavy atom. The maximum Gasteiger partial charge on any atom is 0.118 e. The van der Waals surface area contributed by atoms with E-state index in [4.69, 9.17) is 4.74 Å². The Morgan fingerprint density at radius 1 is 0.542 bits per heavy atom. The molecule has 0 amide bonds. The van der Waals surface area contributed by atoms with Gasteiger partial charge in [0.2, 0.25) is 0 Å². The lowest BCUT2D eigenvalue weighted by Crippen LogP contribution is -1.87. The van der Waals surface area contributed by atoms with E-state index in [1.807, 2.05) is 12.1 Å². The third-order valence-electron chi connectivity index (χ3n) is 4.41. The molecule has 0 N–H and O–H groups in total. The van der Waals surface area contributed by atoms with Gasteiger partial charge < -0.3 is 4.74 Å². The lowest BCUT2D eigenvalue weighted by Gasteiger charge is -2.13. The number of hydrogen-bond acceptors (Lipinski definition) is 1. The number of methoxy groups -OCH3 is 1. The van der Waals surface area contributed by atoms with Crippen LogP contribution in [0.3, 0.4) is 0 Å². The van der Waals surface area contributed by atoms with Crippen LogP contribution in [-0.4, -0.2) is 7.11 Å². The van der Waals surface area contributed by atoms with E-state index in [0.717, 1.165) is 5.75 Å². The van der Waals surface area contributed by atoms with Crippen molar-refractivity contribution in [3.63, 3.8) is 0 Å². The number of fused-ring (bicyclic) bond motifs is 1. The van der Waals surface area contributed by atoms with Crippen LogP contribution in [0.25, 0.3) is 33.0 Å². The highest BCUT2D eigenvalue weighted by molar-refractivity contribution is 6.00. The predicted molar refractivity (Wildman–Crippen MR) is 101 cm³/mol. The summed E-state index contributed by atoms with van der Waals surface area (Å²) in [5.74, 6) is 0.876. The maximum absolute atomic E-state index is 5.28. The lowest BCUT2D eigenvalue weighted by molar-refractivity contribution is 0.415. The molecule has 4 aromatic rings. The minimum absolute atomic E-state index is 0.876. The quantitative estimate of drug-likeness (QED) is 0.439. The van der Waals surface area contributed by atoms with Crippen LogP contribution in [0.4, 0.5) is 0 Å². The van der Waals surface area contributed by atoms with Gasteiger partial charge >= 0.3 is 0 Å². The first-order valence-electron chi connectivity index (χ1n) is 8.08. The second-order valence-corrected chi connectivity index (χ2v) is 5.80. The summed E-state index contributed by atoms with van der Waals surface area (Å²) in [5, 5.41) is 2.54. The molecule has 0 radical (unpaired) electrons. The van der Waals surface area contributed by atoms with Crippen molar-refractivity contribution < 1.29 is 4.74 Å². The van der Waals surface area contributed by atoms with Crippen molar-refractivity contribution in [1.29, 1.82) is 0 Å². The fraction of sp³-hybridized carbons (Fsp3) is 0.0435. The highest BCUT2D eigenvalue weighted by Crippen LogP contribution is 2.36. The molecule has 0 aliphatic heterocycles. The van der Waals surface area contributed by atoms with Crippen LogP contribution < -0.4 is 4.74 Å².